The number of nitrogens with one attached hydrogen (secondary N) is 1. The highest BCUT2D eigenvalue weighted by Crippen LogP contribution is 2.43. The minimum Gasteiger partial charge on any atom is -0.358 e. The van der Waals surface area contributed by atoms with Crippen LogP contribution < -0.4 is 5.32 Å². The van der Waals surface area contributed by atoms with Gasteiger partial charge in [-0.05, 0) is 31.9 Å². The van der Waals surface area contributed by atoms with E-state index in [0.717, 1.165) is 6.20 Å². The van der Waals surface area contributed by atoms with E-state index in [0.29, 0.717) is 5.69 Å². The van der Waals surface area contributed by atoms with Gasteiger partial charge < -0.3 is 5.32 Å². The van der Waals surface area contributed by atoms with Crippen LogP contribution in [0.5, 0.6) is 0 Å². The van der Waals surface area contributed by atoms with E-state index in [1.807, 2.05) is 0 Å². The third-order valence-corrected chi connectivity index (χ3v) is 4.56. The zero-order chi connectivity index (χ0) is 13.9. The average molecular weight is 414 g/mol. The van der Waals surface area contributed by atoms with Crippen LogP contribution in [0.25, 0.3) is 0 Å². The van der Waals surface area contributed by atoms with E-state index in [9.17, 15) is 4.39 Å². The number of benzene rings is 1. The van der Waals surface area contributed by atoms with Crippen LogP contribution in [0.15, 0.2) is 20.7 Å². The third-order valence-electron chi connectivity index (χ3n) is 1.81. The van der Waals surface area contributed by atoms with Gasteiger partial charge in [0.2, 0.25) is 0 Å². The number of nitriles is 2. The van der Waals surface area contributed by atoms with Gasteiger partial charge >= 0.3 is 0 Å². The highest BCUT2D eigenvalue weighted by molar-refractivity contribution is 9.11. The summed E-state index contributed by atoms with van der Waals surface area (Å²) in [7, 11) is 0. The molecule has 0 aliphatic carbocycles. The van der Waals surface area contributed by atoms with Gasteiger partial charge in [-0.15, -0.1) is 0 Å². The maximum atomic E-state index is 13.5. The van der Waals surface area contributed by atoms with Crippen LogP contribution in [-0.4, -0.2) is 0 Å². The molecule has 8 heteroatoms. The second kappa shape index (κ2) is 6.40. The summed E-state index contributed by atoms with van der Waals surface area (Å²) in [6, 6.07) is 3.34. The Labute approximate surface area is 129 Å². The molecule has 1 aromatic carbocycles. The molecule has 0 spiro atoms. The van der Waals surface area contributed by atoms with E-state index in [2.05, 4.69) is 37.2 Å². The van der Waals surface area contributed by atoms with E-state index in [-0.39, 0.29) is 24.6 Å². The summed E-state index contributed by atoms with van der Waals surface area (Å²) in [5.74, 6) is -0.771. The maximum Gasteiger partial charge on any atom is 0.162 e. The van der Waals surface area contributed by atoms with Gasteiger partial charge in [-0.1, -0.05) is 23.2 Å². The first-order valence-electron chi connectivity index (χ1n) is 4.22. The van der Waals surface area contributed by atoms with Crippen molar-refractivity contribution < 1.29 is 4.39 Å². The largest absolute Gasteiger partial charge is 0.358 e. The highest BCUT2D eigenvalue weighted by atomic mass is 79.9. The number of halogens is 5. The number of hydrogen-bond acceptors (Lipinski definition) is 3. The number of rotatable bonds is 2. The molecule has 0 aliphatic rings. The van der Waals surface area contributed by atoms with Gasteiger partial charge in [0.25, 0.3) is 0 Å². The molecule has 0 atom stereocenters. The van der Waals surface area contributed by atoms with Crippen molar-refractivity contribution in [2.75, 3.05) is 5.32 Å². The van der Waals surface area contributed by atoms with Crippen molar-refractivity contribution in [2.24, 2.45) is 0 Å². The van der Waals surface area contributed by atoms with Gasteiger partial charge in [0.15, 0.2) is 5.82 Å². The molecule has 0 bridgehead atoms. The van der Waals surface area contributed by atoms with Crippen molar-refractivity contribution in [3.63, 3.8) is 0 Å². The molecule has 0 amide bonds. The number of nitrogens with zero attached hydrogens (tertiary/aromatic N) is 2. The molecule has 0 unspecified atom stereocenters. The summed E-state index contributed by atoms with van der Waals surface area (Å²) in [6.45, 7) is 0. The lowest BCUT2D eigenvalue weighted by atomic mass is 10.3. The molecule has 0 saturated heterocycles. The van der Waals surface area contributed by atoms with Crippen LogP contribution in [0.4, 0.5) is 10.1 Å². The summed E-state index contributed by atoms with van der Waals surface area (Å²) in [5.41, 5.74) is 0.166. The Hall–Kier alpha value is -0.790. The molecule has 0 saturated carbocycles. The van der Waals surface area contributed by atoms with Crippen molar-refractivity contribution in [3.05, 3.63) is 36.6 Å². The molecular weight excluding hydrogens is 412 g/mol. The SMILES string of the molecule is N#CC(C#N)=CNc1c(Br)c(Cl)c(F)c(Cl)c1Br. The molecular formula is C10H2Br2Cl2FN3. The van der Waals surface area contributed by atoms with Crippen LogP contribution in [0.2, 0.25) is 10.0 Å². The van der Waals surface area contributed by atoms with Crippen LogP contribution in [0.1, 0.15) is 0 Å². The first-order chi connectivity index (χ1) is 8.43. The summed E-state index contributed by atoms with van der Waals surface area (Å²) in [5, 5.41) is 19.4. The summed E-state index contributed by atoms with van der Waals surface area (Å²) in [4.78, 5) is 0. The Morgan fingerprint density at radius 1 is 1.17 bits per heavy atom. The first kappa shape index (κ1) is 15.3. The molecule has 1 aromatic rings. The molecule has 92 valence electrons. The van der Waals surface area contributed by atoms with Crippen molar-refractivity contribution >= 4 is 60.7 Å². The molecule has 0 fully saturated rings. The van der Waals surface area contributed by atoms with E-state index >= 15 is 0 Å². The topological polar surface area (TPSA) is 59.6 Å². The molecule has 0 heterocycles. The van der Waals surface area contributed by atoms with Gasteiger partial charge in [-0.25, -0.2) is 4.39 Å². The van der Waals surface area contributed by atoms with Crippen molar-refractivity contribution in [2.45, 2.75) is 0 Å². The third kappa shape index (κ3) is 2.96. The van der Waals surface area contributed by atoms with Crippen LogP contribution in [-0.2, 0) is 0 Å². The van der Waals surface area contributed by atoms with E-state index in [1.54, 1.807) is 12.1 Å². The molecule has 3 nitrogen and oxygen atoms in total. The second-order valence-corrected chi connectivity index (χ2v) is 5.21. The predicted molar refractivity (Wildman–Crippen MR) is 74.8 cm³/mol. The lowest BCUT2D eigenvalue weighted by Crippen LogP contribution is -1.96. The Bertz CT molecular complexity index is 572. The fraction of sp³-hybridized carbons (Fsp3) is 0. The zero-order valence-electron chi connectivity index (χ0n) is 8.36. The summed E-state index contributed by atoms with van der Waals surface area (Å²) < 4.78 is 13.9. The standard InChI is InChI=1S/C10H2Br2Cl2FN3/c11-5-7(13)9(15)8(14)6(12)10(5)18-3-4(1-16)2-17/h3,18H. The Morgan fingerprint density at radius 2 is 1.61 bits per heavy atom. The smallest absolute Gasteiger partial charge is 0.162 e. The minimum absolute atomic E-state index is 0.148. The van der Waals surface area contributed by atoms with Gasteiger partial charge in [0.1, 0.15) is 17.7 Å². The van der Waals surface area contributed by atoms with Gasteiger partial charge in [-0.2, -0.15) is 10.5 Å². The monoisotopic (exact) mass is 411 g/mol. The number of hydrogen-bond donors (Lipinski definition) is 1. The lowest BCUT2D eigenvalue weighted by Gasteiger charge is -2.11. The Morgan fingerprint density at radius 3 is 2.00 bits per heavy atom. The normalized spacial score (nSPS) is 9.28. The lowest BCUT2D eigenvalue weighted by molar-refractivity contribution is 0.627. The summed E-state index contributed by atoms with van der Waals surface area (Å²) in [6.07, 6.45) is 1.16. The Kier molecular flexibility index (Phi) is 5.43. The zero-order valence-corrected chi connectivity index (χ0v) is 13.0. The minimum atomic E-state index is -0.771. The van der Waals surface area contributed by atoms with Gasteiger partial charge in [0.05, 0.1) is 24.7 Å². The average Bonchev–Trinajstić information content (AvgIpc) is 2.38. The van der Waals surface area contributed by atoms with Crippen molar-refractivity contribution in [1.29, 1.82) is 10.5 Å². The molecule has 18 heavy (non-hydrogen) atoms. The second-order valence-electron chi connectivity index (χ2n) is 2.87. The molecule has 0 aliphatic heterocycles. The van der Waals surface area contributed by atoms with Gasteiger partial charge in [0, 0.05) is 6.20 Å². The van der Waals surface area contributed by atoms with Gasteiger partial charge in [-0.3, -0.25) is 0 Å². The molecule has 1 rings (SSSR count). The van der Waals surface area contributed by atoms with E-state index in [4.69, 9.17) is 33.7 Å². The fourth-order valence-corrected chi connectivity index (χ4v) is 2.63. The quantitative estimate of drug-likeness (QED) is 0.421. The Balaban J connectivity index is 3.33. The van der Waals surface area contributed by atoms with Crippen molar-refractivity contribution in [3.8, 4) is 12.1 Å². The summed E-state index contributed by atoms with van der Waals surface area (Å²) >= 11 is 17.6. The molecule has 1 N–H and O–H groups in total. The van der Waals surface area contributed by atoms with Crippen LogP contribution in [0, 0.1) is 28.5 Å². The number of allylic oxidation sites excluding steroid dienone is 1. The highest BCUT2D eigenvalue weighted by Gasteiger charge is 2.19. The van der Waals surface area contributed by atoms with E-state index in [1.165, 1.54) is 0 Å². The fourth-order valence-electron chi connectivity index (χ4n) is 0.966. The van der Waals surface area contributed by atoms with Crippen molar-refractivity contribution in [1.82, 2.24) is 0 Å². The van der Waals surface area contributed by atoms with Crippen LogP contribution >= 0.6 is 55.1 Å². The molecule has 0 radical (unpaired) electrons. The van der Waals surface area contributed by atoms with E-state index < -0.39 is 5.82 Å². The van der Waals surface area contributed by atoms with Crippen LogP contribution in [0.3, 0.4) is 0 Å². The number of anilines is 1. The first-order valence-corrected chi connectivity index (χ1v) is 6.56. The molecule has 0 aromatic heterocycles. The predicted octanol–water partition coefficient (Wildman–Crippen LogP) is 5.00. The maximum absolute atomic E-state index is 13.5.